The number of carbonyl (C=O) groups excluding carboxylic acids is 1. The number of nitro groups is 1. The molecule has 1 aromatic rings. The van der Waals surface area contributed by atoms with Crippen molar-refractivity contribution in [1.29, 1.82) is 0 Å². The molecule has 0 N–H and O–H groups in total. The van der Waals surface area contributed by atoms with Crippen molar-refractivity contribution in [3.05, 3.63) is 21.5 Å². The molecule has 0 aromatic carbocycles. The Hall–Kier alpha value is -1.92. The van der Waals surface area contributed by atoms with E-state index in [1.165, 1.54) is 4.68 Å². The number of hydrogen-bond donors (Lipinski definition) is 0. The Morgan fingerprint density at radius 2 is 2.16 bits per heavy atom. The Morgan fingerprint density at radius 3 is 2.74 bits per heavy atom. The zero-order valence-electron chi connectivity index (χ0n) is 11.4. The lowest BCUT2D eigenvalue weighted by atomic mass is 10.0. The maximum Gasteiger partial charge on any atom is 0.322 e. The van der Waals surface area contributed by atoms with Gasteiger partial charge in [0.1, 0.15) is 5.69 Å². The minimum atomic E-state index is -0.524. The maximum atomic E-state index is 12.5. The lowest BCUT2D eigenvalue weighted by molar-refractivity contribution is -0.385. The van der Waals surface area contributed by atoms with Crippen LogP contribution in [-0.4, -0.2) is 38.1 Å². The fraction of sp³-hybridized carbons (Fsp3) is 0.667. The fourth-order valence-electron chi connectivity index (χ4n) is 2.64. The summed E-state index contributed by atoms with van der Waals surface area (Å²) in [5.74, 6) is -0.290. The van der Waals surface area contributed by atoms with E-state index in [0.717, 1.165) is 19.3 Å². The maximum absolute atomic E-state index is 12.5. The summed E-state index contributed by atoms with van der Waals surface area (Å²) in [5, 5.41) is 15.1. The normalized spacial score (nSPS) is 19.5. The largest absolute Gasteiger partial charge is 0.334 e. The lowest BCUT2D eigenvalue weighted by Gasteiger charge is -2.33. The molecule has 1 aliphatic heterocycles. The van der Waals surface area contributed by atoms with E-state index in [1.807, 2.05) is 6.92 Å². The SMILES string of the molecule is Cc1nn(C)c(C(=O)N2CCCC[C@@H]2C)c1[N+](=O)[O-]. The van der Waals surface area contributed by atoms with Crippen molar-refractivity contribution in [3.8, 4) is 0 Å². The molecule has 7 heteroatoms. The summed E-state index contributed by atoms with van der Waals surface area (Å²) in [6.07, 6.45) is 2.98. The van der Waals surface area contributed by atoms with Crippen LogP contribution in [0, 0.1) is 17.0 Å². The smallest absolute Gasteiger partial charge is 0.322 e. The van der Waals surface area contributed by atoms with E-state index >= 15 is 0 Å². The molecular formula is C12H18N4O3. The van der Waals surface area contributed by atoms with Gasteiger partial charge in [-0.1, -0.05) is 0 Å². The molecule has 1 fully saturated rings. The Balaban J connectivity index is 2.41. The molecule has 0 aliphatic carbocycles. The number of carbonyl (C=O) groups is 1. The van der Waals surface area contributed by atoms with E-state index in [-0.39, 0.29) is 29.0 Å². The van der Waals surface area contributed by atoms with Crippen LogP contribution in [0.15, 0.2) is 0 Å². The van der Waals surface area contributed by atoms with Crippen LogP contribution in [0.2, 0.25) is 0 Å². The summed E-state index contributed by atoms with van der Waals surface area (Å²) in [7, 11) is 1.57. The van der Waals surface area contributed by atoms with E-state index < -0.39 is 4.92 Å². The Kier molecular flexibility index (Phi) is 3.55. The number of amides is 1. The second-order valence-corrected chi connectivity index (χ2v) is 5.01. The summed E-state index contributed by atoms with van der Waals surface area (Å²) in [6.45, 7) is 4.18. The number of likely N-dealkylation sites (tertiary alicyclic amines) is 1. The number of aryl methyl sites for hydroxylation is 2. The van der Waals surface area contributed by atoms with Crippen molar-refractivity contribution >= 4 is 11.6 Å². The average Bonchev–Trinajstić information content (AvgIpc) is 2.64. The molecule has 0 spiro atoms. The summed E-state index contributed by atoms with van der Waals surface area (Å²) in [4.78, 5) is 24.8. The number of hydrogen-bond acceptors (Lipinski definition) is 4. The van der Waals surface area contributed by atoms with Crippen LogP contribution in [0.1, 0.15) is 42.4 Å². The standard InChI is InChI=1S/C12H18N4O3/c1-8-6-4-5-7-15(8)12(17)11-10(16(18)19)9(2)13-14(11)3/h8H,4-7H2,1-3H3/t8-/m0/s1. The van der Waals surface area contributed by atoms with Crippen molar-refractivity contribution in [2.75, 3.05) is 6.54 Å². The van der Waals surface area contributed by atoms with Gasteiger partial charge in [0.2, 0.25) is 5.69 Å². The third-order valence-corrected chi connectivity index (χ3v) is 3.64. The van der Waals surface area contributed by atoms with Crippen LogP contribution >= 0.6 is 0 Å². The van der Waals surface area contributed by atoms with Gasteiger partial charge in [-0.05, 0) is 33.1 Å². The molecule has 0 saturated carbocycles. The first kappa shape index (κ1) is 13.5. The van der Waals surface area contributed by atoms with Gasteiger partial charge >= 0.3 is 5.69 Å². The first-order valence-electron chi connectivity index (χ1n) is 6.42. The number of rotatable bonds is 2. The Labute approximate surface area is 111 Å². The summed E-state index contributed by atoms with van der Waals surface area (Å²) in [5.41, 5.74) is 0.182. The fourth-order valence-corrected chi connectivity index (χ4v) is 2.64. The quantitative estimate of drug-likeness (QED) is 0.602. The van der Waals surface area contributed by atoms with Gasteiger partial charge in [-0.2, -0.15) is 5.10 Å². The van der Waals surface area contributed by atoms with Gasteiger partial charge in [0.25, 0.3) is 5.91 Å². The molecule has 1 aromatic heterocycles. The van der Waals surface area contributed by atoms with Gasteiger partial charge in [0.15, 0.2) is 0 Å². The first-order chi connectivity index (χ1) is 8.93. The van der Waals surface area contributed by atoms with Crippen LogP contribution in [0.4, 0.5) is 5.69 Å². The third kappa shape index (κ3) is 2.32. The zero-order chi connectivity index (χ0) is 14.2. The van der Waals surface area contributed by atoms with Crippen LogP contribution in [0.3, 0.4) is 0 Å². The Morgan fingerprint density at radius 1 is 1.47 bits per heavy atom. The summed E-state index contributed by atoms with van der Waals surface area (Å²) >= 11 is 0. The lowest BCUT2D eigenvalue weighted by Crippen LogP contribution is -2.42. The highest BCUT2D eigenvalue weighted by Crippen LogP contribution is 2.26. The van der Waals surface area contributed by atoms with E-state index in [0.29, 0.717) is 6.54 Å². The molecule has 104 valence electrons. The number of aromatic nitrogens is 2. The molecule has 19 heavy (non-hydrogen) atoms. The molecule has 0 unspecified atom stereocenters. The van der Waals surface area contributed by atoms with Gasteiger partial charge in [0.05, 0.1) is 4.92 Å². The molecule has 1 saturated heterocycles. The van der Waals surface area contributed by atoms with E-state index in [4.69, 9.17) is 0 Å². The van der Waals surface area contributed by atoms with Crippen molar-refractivity contribution in [3.63, 3.8) is 0 Å². The molecule has 1 amide bonds. The molecule has 0 bridgehead atoms. The predicted octanol–water partition coefficient (Wildman–Crippen LogP) is 1.65. The average molecular weight is 266 g/mol. The van der Waals surface area contributed by atoms with Crippen molar-refractivity contribution in [1.82, 2.24) is 14.7 Å². The van der Waals surface area contributed by atoms with Crippen LogP contribution in [0.25, 0.3) is 0 Å². The summed E-state index contributed by atoms with van der Waals surface area (Å²) < 4.78 is 1.32. The van der Waals surface area contributed by atoms with E-state index in [2.05, 4.69) is 5.10 Å². The topological polar surface area (TPSA) is 81.3 Å². The Bertz CT molecular complexity index is 523. The highest BCUT2D eigenvalue weighted by Gasteiger charge is 2.34. The van der Waals surface area contributed by atoms with Crippen LogP contribution in [-0.2, 0) is 7.05 Å². The predicted molar refractivity (Wildman–Crippen MR) is 68.9 cm³/mol. The second-order valence-electron chi connectivity index (χ2n) is 5.01. The van der Waals surface area contributed by atoms with E-state index in [1.54, 1.807) is 18.9 Å². The van der Waals surface area contributed by atoms with Crippen molar-refractivity contribution in [2.45, 2.75) is 39.2 Å². The molecule has 0 radical (unpaired) electrons. The minimum absolute atomic E-state index is 0.0799. The minimum Gasteiger partial charge on any atom is -0.334 e. The molecule has 2 rings (SSSR count). The molecule has 1 aliphatic rings. The van der Waals surface area contributed by atoms with Gasteiger partial charge < -0.3 is 4.90 Å². The first-order valence-corrected chi connectivity index (χ1v) is 6.42. The van der Waals surface area contributed by atoms with Gasteiger partial charge in [-0.15, -0.1) is 0 Å². The van der Waals surface area contributed by atoms with Crippen LogP contribution in [0.5, 0.6) is 0 Å². The van der Waals surface area contributed by atoms with Gasteiger partial charge in [-0.25, -0.2) is 0 Å². The molecular weight excluding hydrogens is 248 g/mol. The monoisotopic (exact) mass is 266 g/mol. The van der Waals surface area contributed by atoms with Gasteiger partial charge in [0, 0.05) is 19.6 Å². The van der Waals surface area contributed by atoms with E-state index in [9.17, 15) is 14.9 Å². The van der Waals surface area contributed by atoms with Gasteiger partial charge in [-0.3, -0.25) is 19.6 Å². The highest BCUT2D eigenvalue weighted by atomic mass is 16.6. The molecule has 7 nitrogen and oxygen atoms in total. The van der Waals surface area contributed by atoms with Crippen molar-refractivity contribution in [2.24, 2.45) is 7.05 Å². The highest BCUT2D eigenvalue weighted by molar-refractivity contribution is 5.97. The van der Waals surface area contributed by atoms with Crippen LogP contribution < -0.4 is 0 Å². The zero-order valence-corrected chi connectivity index (χ0v) is 11.4. The molecule has 2 heterocycles. The second kappa shape index (κ2) is 4.99. The number of nitrogens with zero attached hydrogens (tertiary/aromatic N) is 4. The number of piperidine rings is 1. The molecule has 1 atom stereocenters. The summed E-state index contributed by atoms with van der Waals surface area (Å²) in [6, 6.07) is 0.121. The van der Waals surface area contributed by atoms with Crippen molar-refractivity contribution < 1.29 is 9.72 Å². The third-order valence-electron chi connectivity index (χ3n) is 3.64.